The lowest BCUT2D eigenvalue weighted by Gasteiger charge is -2.19. The third-order valence-corrected chi connectivity index (χ3v) is 6.92. The maximum absolute atomic E-state index is 13.7. The normalized spacial score (nSPS) is 18.5. The molecule has 3 aromatic carbocycles. The highest BCUT2D eigenvalue weighted by atomic mass is 16.6. The van der Waals surface area contributed by atoms with Gasteiger partial charge in [0, 0.05) is 12.0 Å². The van der Waals surface area contributed by atoms with E-state index in [-0.39, 0.29) is 12.1 Å². The lowest BCUT2D eigenvalue weighted by molar-refractivity contribution is -0.129. The number of alkyl carbamates (subject to hydrolysis) is 1. The van der Waals surface area contributed by atoms with Crippen LogP contribution in [0.4, 0.5) is 4.79 Å². The summed E-state index contributed by atoms with van der Waals surface area (Å²) in [6.45, 7) is 2.44. The van der Waals surface area contributed by atoms with Gasteiger partial charge in [-0.15, -0.1) is 0 Å². The maximum atomic E-state index is 13.7. The molecule has 0 bridgehead atoms. The van der Waals surface area contributed by atoms with Crippen molar-refractivity contribution >= 4 is 28.9 Å². The molecule has 0 unspecified atom stereocenters. The first-order valence-corrected chi connectivity index (χ1v) is 11.9. The first-order chi connectivity index (χ1) is 17.9. The van der Waals surface area contributed by atoms with Crippen LogP contribution in [0.3, 0.4) is 0 Å². The Balaban J connectivity index is 1.32. The fourth-order valence-corrected chi connectivity index (χ4v) is 5.00. The third-order valence-electron chi connectivity index (χ3n) is 6.92. The number of rotatable bonds is 5. The number of amides is 2. The zero-order valence-electron chi connectivity index (χ0n) is 20.4. The molecule has 9 nitrogen and oxygen atoms in total. The molecule has 1 saturated heterocycles. The van der Waals surface area contributed by atoms with E-state index in [1.807, 2.05) is 66.7 Å². The fraction of sp³-hybridized carbons (Fsp3) is 0.214. The first kappa shape index (κ1) is 22.8. The molecule has 2 aliphatic heterocycles. The average Bonchev–Trinajstić information content (AvgIpc) is 3.50. The highest BCUT2D eigenvalue weighted by Gasteiger charge is 2.44. The number of fused-ring (bicyclic) bond motifs is 2. The number of nitrogens with one attached hydrogen (secondary N) is 1. The van der Waals surface area contributed by atoms with Crippen LogP contribution in [0.25, 0.3) is 11.0 Å². The SMILES string of the molecule is COc1ccc2c(c1)CN=C2n1c(=O)n(Cc2ccc(C[C@]3(C)OC(=O)NC3=O)cc2)c2ccccc21. The molecule has 0 spiro atoms. The number of nitrogens with zero attached hydrogens (tertiary/aromatic N) is 3. The number of imidazole rings is 1. The van der Waals surface area contributed by atoms with Crippen LogP contribution in [0.15, 0.2) is 76.5 Å². The number of ether oxygens (including phenoxy) is 2. The molecule has 9 heteroatoms. The largest absolute Gasteiger partial charge is 0.497 e. The number of hydrogen-bond donors (Lipinski definition) is 1. The van der Waals surface area contributed by atoms with E-state index in [4.69, 9.17) is 14.5 Å². The predicted molar refractivity (Wildman–Crippen MR) is 137 cm³/mol. The summed E-state index contributed by atoms with van der Waals surface area (Å²) in [5, 5.41) is 2.18. The molecule has 37 heavy (non-hydrogen) atoms. The van der Waals surface area contributed by atoms with E-state index in [9.17, 15) is 14.4 Å². The Kier molecular flexibility index (Phi) is 5.22. The molecular formula is C28H24N4O5. The Bertz CT molecular complexity index is 1660. The van der Waals surface area contributed by atoms with E-state index in [1.54, 1.807) is 23.2 Å². The van der Waals surface area contributed by atoms with Gasteiger partial charge in [-0.1, -0.05) is 36.4 Å². The number of carbonyl (C=O) groups is 2. The van der Waals surface area contributed by atoms with Gasteiger partial charge in [0.05, 0.1) is 31.2 Å². The van der Waals surface area contributed by atoms with Crippen LogP contribution in [-0.2, 0) is 29.0 Å². The number of carbonyl (C=O) groups excluding carboxylic acids is 2. The van der Waals surface area contributed by atoms with Gasteiger partial charge in [0.25, 0.3) is 5.91 Å². The summed E-state index contributed by atoms with van der Waals surface area (Å²) >= 11 is 0. The van der Waals surface area contributed by atoms with Gasteiger partial charge < -0.3 is 9.47 Å². The summed E-state index contributed by atoms with van der Waals surface area (Å²) in [6, 6.07) is 21.1. The average molecular weight is 497 g/mol. The summed E-state index contributed by atoms with van der Waals surface area (Å²) in [5.74, 6) is 0.940. The van der Waals surface area contributed by atoms with Crippen molar-refractivity contribution < 1.29 is 19.1 Å². The highest BCUT2D eigenvalue weighted by molar-refractivity contribution is 6.07. The second kappa shape index (κ2) is 8.48. The Morgan fingerprint density at radius 3 is 2.43 bits per heavy atom. The molecule has 3 heterocycles. The van der Waals surface area contributed by atoms with E-state index in [2.05, 4.69) is 5.32 Å². The Hall–Kier alpha value is -4.66. The van der Waals surface area contributed by atoms with Crippen molar-refractivity contribution in [2.45, 2.75) is 32.0 Å². The number of benzene rings is 3. The van der Waals surface area contributed by atoms with Gasteiger partial charge in [-0.2, -0.15) is 0 Å². The van der Waals surface area contributed by atoms with E-state index in [0.29, 0.717) is 18.9 Å². The van der Waals surface area contributed by atoms with Crippen LogP contribution in [0.2, 0.25) is 0 Å². The lowest BCUT2D eigenvalue weighted by atomic mass is 9.95. The van der Waals surface area contributed by atoms with Gasteiger partial charge in [0.2, 0.25) is 0 Å². The summed E-state index contributed by atoms with van der Waals surface area (Å²) in [4.78, 5) is 42.0. The van der Waals surface area contributed by atoms with Gasteiger partial charge in [0.1, 0.15) is 11.6 Å². The molecule has 1 atom stereocenters. The third kappa shape index (κ3) is 3.79. The molecule has 2 amide bonds. The zero-order valence-corrected chi connectivity index (χ0v) is 20.4. The molecule has 6 rings (SSSR count). The highest BCUT2D eigenvalue weighted by Crippen LogP contribution is 2.27. The molecule has 1 N–H and O–H groups in total. The number of methoxy groups -OCH3 is 1. The van der Waals surface area contributed by atoms with Crippen molar-refractivity contribution in [3.63, 3.8) is 0 Å². The van der Waals surface area contributed by atoms with E-state index < -0.39 is 17.6 Å². The Morgan fingerprint density at radius 2 is 1.73 bits per heavy atom. The van der Waals surface area contributed by atoms with E-state index in [0.717, 1.165) is 39.0 Å². The van der Waals surface area contributed by atoms with Crippen LogP contribution in [0.1, 0.15) is 29.2 Å². The number of para-hydroxylation sites is 2. The predicted octanol–water partition coefficient (Wildman–Crippen LogP) is 3.24. The first-order valence-electron chi connectivity index (χ1n) is 11.9. The minimum atomic E-state index is -1.23. The summed E-state index contributed by atoms with van der Waals surface area (Å²) in [6.07, 6.45) is -0.470. The number of imide groups is 1. The molecule has 0 aliphatic carbocycles. The molecule has 2 aliphatic rings. The van der Waals surface area contributed by atoms with E-state index in [1.165, 1.54) is 0 Å². The molecule has 4 aromatic rings. The van der Waals surface area contributed by atoms with Crippen molar-refractivity contribution in [2.75, 3.05) is 7.11 Å². The van der Waals surface area contributed by atoms with Crippen molar-refractivity contribution in [3.8, 4) is 5.75 Å². The van der Waals surface area contributed by atoms with Crippen molar-refractivity contribution in [1.29, 1.82) is 0 Å². The number of cyclic esters (lactones) is 1. The van der Waals surface area contributed by atoms with Gasteiger partial charge >= 0.3 is 11.8 Å². The van der Waals surface area contributed by atoms with Crippen molar-refractivity contribution in [1.82, 2.24) is 14.5 Å². The van der Waals surface area contributed by atoms with Crippen molar-refractivity contribution in [3.05, 3.63) is 99.5 Å². The smallest absolute Gasteiger partial charge is 0.415 e. The molecule has 186 valence electrons. The minimum absolute atomic E-state index is 0.172. The molecule has 0 saturated carbocycles. The molecule has 1 fully saturated rings. The van der Waals surface area contributed by atoms with Gasteiger partial charge in [-0.3, -0.25) is 19.7 Å². The Labute approximate surface area is 212 Å². The molecule has 0 radical (unpaired) electrons. The number of aromatic nitrogens is 2. The monoisotopic (exact) mass is 496 g/mol. The van der Waals surface area contributed by atoms with Crippen LogP contribution < -0.4 is 15.7 Å². The summed E-state index contributed by atoms with van der Waals surface area (Å²) in [7, 11) is 1.63. The zero-order chi connectivity index (χ0) is 25.7. The van der Waals surface area contributed by atoms with Crippen molar-refractivity contribution in [2.24, 2.45) is 4.99 Å². The Morgan fingerprint density at radius 1 is 1.00 bits per heavy atom. The van der Waals surface area contributed by atoms with Gasteiger partial charge in [-0.05, 0) is 53.9 Å². The second-order valence-corrected chi connectivity index (χ2v) is 9.42. The second-order valence-electron chi connectivity index (χ2n) is 9.42. The van der Waals surface area contributed by atoms with Crippen LogP contribution >= 0.6 is 0 Å². The molecular weight excluding hydrogens is 472 g/mol. The standard InChI is InChI=1S/C28H24N4O5/c1-28(25(33)30-26(34)37-28)14-17-7-9-18(10-8-17)16-31-22-5-3-4-6-23(22)32(27(31)35)24-21-12-11-20(36-2)13-19(21)15-29-24/h3-13H,14-16H2,1-2H3,(H,30,33,34)/t28-/m0/s1. The van der Waals surface area contributed by atoms with Gasteiger partial charge in [0.15, 0.2) is 5.60 Å². The lowest BCUT2D eigenvalue weighted by Crippen LogP contribution is -2.38. The minimum Gasteiger partial charge on any atom is -0.497 e. The topological polar surface area (TPSA) is 104 Å². The fourth-order valence-electron chi connectivity index (χ4n) is 5.00. The van der Waals surface area contributed by atoms with Crippen LogP contribution in [0, 0.1) is 0 Å². The maximum Gasteiger partial charge on any atom is 0.415 e. The summed E-state index contributed by atoms with van der Waals surface area (Å²) in [5.41, 5.74) is 3.89. The van der Waals surface area contributed by atoms with Gasteiger partial charge in [-0.25, -0.2) is 14.2 Å². The van der Waals surface area contributed by atoms with E-state index >= 15 is 0 Å². The number of aliphatic imine (C=N–C) groups is 1. The van der Waals surface area contributed by atoms with Crippen LogP contribution in [-0.4, -0.2) is 39.7 Å². The summed E-state index contributed by atoms with van der Waals surface area (Å²) < 4.78 is 13.9. The molecule has 1 aromatic heterocycles. The number of hydrogen-bond acceptors (Lipinski definition) is 6. The van der Waals surface area contributed by atoms with Crippen LogP contribution in [0.5, 0.6) is 5.75 Å². The quantitative estimate of drug-likeness (QED) is 0.457.